The van der Waals surface area contributed by atoms with Crippen molar-refractivity contribution in [3.05, 3.63) is 81.6 Å². The molecule has 5 rings (SSSR count). The fraction of sp³-hybridized carbons (Fsp3) is 0.387. The van der Waals surface area contributed by atoms with Gasteiger partial charge in [0, 0.05) is 50.8 Å². The number of aromatic nitrogens is 1. The molecule has 2 atom stereocenters. The second kappa shape index (κ2) is 14.9. The Bertz CT molecular complexity index is 1710. The van der Waals surface area contributed by atoms with Gasteiger partial charge < -0.3 is 19.1 Å². The summed E-state index contributed by atoms with van der Waals surface area (Å²) in [5, 5.41) is -0.824. The summed E-state index contributed by atoms with van der Waals surface area (Å²) in [6.45, 7) is -2.76. The number of hydrogen-bond donors (Lipinski definition) is 0. The van der Waals surface area contributed by atoms with Gasteiger partial charge in [-0.25, -0.2) is 13.2 Å². The van der Waals surface area contributed by atoms with E-state index in [9.17, 15) is 26.8 Å². The number of pyridine rings is 1. The molecule has 1 aliphatic heterocycles. The number of sulfonamides is 1. The van der Waals surface area contributed by atoms with Gasteiger partial charge in [0.1, 0.15) is 6.10 Å². The van der Waals surface area contributed by atoms with Crippen LogP contribution >= 0.6 is 35.0 Å². The van der Waals surface area contributed by atoms with Crippen LogP contribution in [-0.4, -0.2) is 79.5 Å². The standard InChI is InChI=1S/C31H31Cl2F2N3O7S2/c1-37(2)28(39)19-5-8-21(9-6-19)47(41,42)38-11-12-46-29(38)30(40)44-26(14-22-23(32)15-36-16-24(22)33)20-7-10-25(45-31(34)35)27(13-20)43-17-18-3-4-18/h5-10,13,15-16,18,26,29,31H,3-4,11-12,14,17H2,1-2H3/t26-,29?/m0/s1. The van der Waals surface area contributed by atoms with Crippen LogP contribution in [0.1, 0.15) is 40.4 Å². The van der Waals surface area contributed by atoms with E-state index in [2.05, 4.69) is 9.72 Å². The number of amides is 1. The maximum absolute atomic E-state index is 13.8. The second-order valence-corrected chi connectivity index (χ2v) is 15.0. The molecule has 1 aliphatic carbocycles. The first-order chi connectivity index (χ1) is 22.3. The predicted molar refractivity (Wildman–Crippen MR) is 173 cm³/mol. The molecule has 0 N–H and O–H groups in total. The lowest BCUT2D eigenvalue weighted by Crippen LogP contribution is -2.40. The summed E-state index contributed by atoms with van der Waals surface area (Å²) in [7, 11) is -1.00. The Hall–Kier alpha value is -3.17. The molecular weight excluding hydrogens is 699 g/mol. The molecule has 1 saturated carbocycles. The van der Waals surface area contributed by atoms with Crippen molar-refractivity contribution in [2.45, 2.75) is 42.2 Å². The van der Waals surface area contributed by atoms with Crippen molar-refractivity contribution in [1.29, 1.82) is 0 Å². The zero-order valence-corrected chi connectivity index (χ0v) is 28.4. The first-order valence-electron chi connectivity index (χ1n) is 14.5. The normalized spacial score (nSPS) is 17.4. The van der Waals surface area contributed by atoms with Crippen LogP contribution in [0.3, 0.4) is 0 Å². The quantitative estimate of drug-likeness (QED) is 0.193. The van der Waals surface area contributed by atoms with Crippen LogP contribution in [0.15, 0.2) is 59.8 Å². The highest BCUT2D eigenvalue weighted by molar-refractivity contribution is 8.02. The van der Waals surface area contributed by atoms with Crippen molar-refractivity contribution in [2.75, 3.05) is 33.0 Å². The zero-order chi connectivity index (χ0) is 33.9. The molecule has 0 spiro atoms. The largest absolute Gasteiger partial charge is 0.489 e. The van der Waals surface area contributed by atoms with Crippen LogP contribution < -0.4 is 9.47 Å². The average molecular weight is 731 g/mol. The zero-order valence-electron chi connectivity index (χ0n) is 25.3. The first-order valence-corrected chi connectivity index (χ1v) is 17.7. The Morgan fingerprint density at radius 1 is 1.06 bits per heavy atom. The average Bonchev–Trinajstić information content (AvgIpc) is 3.72. The summed E-state index contributed by atoms with van der Waals surface area (Å²) in [5.41, 5.74) is 1.07. The second-order valence-electron chi connectivity index (χ2n) is 11.1. The highest BCUT2D eigenvalue weighted by Gasteiger charge is 2.42. The maximum Gasteiger partial charge on any atom is 0.387 e. The summed E-state index contributed by atoms with van der Waals surface area (Å²) in [4.78, 5) is 31.3. The molecule has 1 aromatic heterocycles. The van der Waals surface area contributed by atoms with E-state index in [4.69, 9.17) is 32.7 Å². The van der Waals surface area contributed by atoms with Crippen molar-refractivity contribution >= 4 is 56.9 Å². The Labute approximate surface area is 285 Å². The summed E-state index contributed by atoms with van der Waals surface area (Å²) >= 11 is 13.9. The lowest BCUT2D eigenvalue weighted by molar-refractivity contribution is -0.150. The monoisotopic (exact) mass is 729 g/mol. The van der Waals surface area contributed by atoms with Crippen molar-refractivity contribution in [3.63, 3.8) is 0 Å². The highest BCUT2D eigenvalue weighted by Crippen LogP contribution is 2.39. The van der Waals surface area contributed by atoms with Crippen molar-refractivity contribution < 1.29 is 41.0 Å². The van der Waals surface area contributed by atoms with Crippen molar-refractivity contribution in [3.8, 4) is 11.5 Å². The van der Waals surface area contributed by atoms with Crippen molar-refractivity contribution in [1.82, 2.24) is 14.2 Å². The van der Waals surface area contributed by atoms with E-state index >= 15 is 0 Å². The molecule has 1 amide bonds. The number of benzene rings is 2. The number of thioether (sulfide) groups is 1. The van der Waals surface area contributed by atoms with Gasteiger partial charge in [-0.05, 0) is 66.3 Å². The molecule has 47 heavy (non-hydrogen) atoms. The minimum atomic E-state index is -4.17. The Kier molecular flexibility index (Phi) is 11.2. The minimum absolute atomic E-state index is 0.0383. The van der Waals surface area contributed by atoms with Gasteiger partial charge in [0.2, 0.25) is 10.0 Å². The molecule has 2 aromatic carbocycles. The van der Waals surface area contributed by atoms with Crippen LogP contribution in [0, 0.1) is 5.92 Å². The lowest BCUT2D eigenvalue weighted by atomic mass is 10.0. The van der Waals surface area contributed by atoms with Crippen molar-refractivity contribution in [2.24, 2.45) is 5.92 Å². The molecule has 2 heterocycles. The Balaban J connectivity index is 1.44. The molecule has 10 nitrogen and oxygen atoms in total. The maximum atomic E-state index is 13.8. The highest BCUT2D eigenvalue weighted by atomic mass is 35.5. The van der Waals surface area contributed by atoms with E-state index in [-0.39, 0.29) is 45.3 Å². The number of ether oxygens (including phenoxy) is 3. The van der Waals surface area contributed by atoms with Crippen LogP contribution in [-0.2, 0) is 26.0 Å². The Morgan fingerprint density at radius 2 is 1.74 bits per heavy atom. The van der Waals surface area contributed by atoms with Gasteiger partial charge in [-0.15, -0.1) is 11.8 Å². The summed E-state index contributed by atoms with van der Waals surface area (Å²) in [5.74, 6) is -0.660. The third-order valence-electron chi connectivity index (χ3n) is 7.49. The van der Waals surface area contributed by atoms with Crippen LogP contribution in [0.4, 0.5) is 8.78 Å². The predicted octanol–water partition coefficient (Wildman–Crippen LogP) is 6.07. The van der Waals surface area contributed by atoms with Gasteiger partial charge in [-0.1, -0.05) is 29.3 Å². The molecule has 252 valence electrons. The molecule has 2 aliphatic rings. The summed E-state index contributed by atoms with van der Waals surface area (Å²) < 4.78 is 71.2. The van der Waals surface area contributed by atoms with Gasteiger partial charge >= 0.3 is 12.6 Å². The van der Waals surface area contributed by atoms with Crippen LogP contribution in [0.5, 0.6) is 11.5 Å². The lowest BCUT2D eigenvalue weighted by Gasteiger charge is -2.26. The molecule has 2 fully saturated rings. The third kappa shape index (κ3) is 8.47. The number of rotatable bonds is 13. The van der Waals surface area contributed by atoms with Crippen LogP contribution in [0.25, 0.3) is 0 Å². The molecule has 0 radical (unpaired) electrons. The van der Waals surface area contributed by atoms with E-state index in [0.29, 0.717) is 35.0 Å². The number of hydrogen-bond acceptors (Lipinski definition) is 9. The van der Waals surface area contributed by atoms with E-state index in [1.165, 1.54) is 59.8 Å². The van der Waals surface area contributed by atoms with E-state index < -0.39 is 34.1 Å². The van der Waals surface area contributed by atoms with Gasteiger partial charge in [0.25, 0.3) is 5.91 Å². The first kappa shape index (κ1) is 35.1. The van der Waals surface area contributed by atoms with E-state index in [1.807, 2.05) is 0 Å². The van der Waals surface area contributed by atoms with Gasteiger partial charge in [0.05, 0.1) is 21.5 Å². The van der Waals surface area contributed by atoms with Crippen LogP contribution in [0.2, 0.25) is 10.0 Å². The van der Waals surface area contributed by atoms with Gasteiger partial charge in [-0.3, -0.25) is 9.78 Å². The summed E-state index contributed by atoms with van der Waals surface area (Å²) in [6.07, 6.45) is 3.54. The Morgan fingerprint density at radius 3 is 2.36 bits per heavy atom. The topological polar surface area (TPSA) is 115 Å². The number of carbonyl (C=O) groups is 2. The molecule has 0 bridgehead atoms. The molecule has 3 aromatic rings. The molecule has 16 heteroatoms. The molecular formula is C31H31Cl2F2N3O7S2. The number of nitrogens with zero attached hydrogens (tertiary/aromatic N) is 3. The fourth-order valence-electron chi connectivity index (χ4n) is 4.82. The minimum Gasteiger partial charge on any atom is -0.489 e. The van der Waals surface area contributed by atoms with Gasteiger partial charge in [-0.2, -0.15) is 13.1 Å². The molecule has 1 saturated heterocycles. The molecule has 1 unspecified atom stereocenters. The summed E-state index contributed by atoms with van der Waals surface area (Å²) in [6, 6.07) is 9.66. The third-order valence-corrected chi connectivity index (χ3v) is 11.3. The smallest absolute Gasteiger partial charge is 0.387 e. The number of alkyl halides is 2. The number of halogens is 4. The fourth-order valence-corrected chi connectivity index (χ4v) is 8.38. The van der Waals surface area contributed by atoms with E-state index in [0.717, 1.165) is 28.9 Å². The number of esters is 1. The van der Waals surface area contributed by atoms with Gasteiger partial charge in [0.15, 0.2) is 16.9 Å². The number of carbonyl (C=O) groups excluding carboxylic acids is 2. The SMILES string of the molecule is CN(C)C(=O)c1ccc(S(=O)(=O)N2CCSC2C(=O)O[C@@H](Cc2c(Cl)cncc2Cl)c2ccc(OC(F)F)c(OCC3CC3)c2)cc1. The van der Waals surface area contributed by atoms with E-state index in [1.54, 1.807) is 14.1 Å².